The van der Waals surface area contributed by atoms with Crippen LogP contribution < -0.4 is 5.32 Å². The van der Waals surface area contributed by atoms with Crippen molar-refractivity contribution < 1.29 is 0 Å². The molecule has 13 heavy (non-hydrogen) atoms. The topological polar surface area (TPSA) is 12.0 Å². The summed E-state index contributed by atoms with van der Waals surface area (Å²) in [5.74, 6) is 0. The molecule has 0 spiro atoms. The number of thiophene rings is 1. The predicted octanol–water partition coefficient (Wildman–Crippen LogP) is 3.03. The first kappa shape index (κ1) is 10.5. The third kappa shape index (κ3) is 2.98. The smallest absolute Gasteiger partial charge is 0.0222 e. The van der Waals surface area contributed by atoms with Crippen molar-refractivity contribution in [1.29, 1.82) is 0 Å². The Balaban J connectivity index is 2.54. The molecule has 0 aliphatic carbocycles. The molecule has 2 heteroatoms. The Labute approximate surface area is 84.5 Å². The molecule has 1 rings (SSSR count). The summed E-state index contributed by atoms with van der Waals surface area (Å²) in [7, 11) is 0. The minimum atomic E-state index is 0.389. The number of nitrogens with one attached hydrogen (secondary N) is 1. The summed E-state index contributed by atoms with van der Waals surface area (Å²) in [6.45, 7) is 11.1. The van der Waals surface area contributed by atoms with E-state index in [2.05, 4.69) is 38.7 Å². The van der Waals surface area contributed by atoms with Crippen LogP contribution in [0.3, 0.4) is 0 Å². The highest BCUT2D eigenvalue weighted by Crippen LogP contribution is 2.20. The zero-order valence-electron chi connectivity index (χ0n) is 8.55. The molecule has 0 saturated heterocycles. The number of rotatable bonds is 4. The molecule has 1 nitrogen and oxygen atoms in total. The van der Waals surface area contributed by atoms with E-state index in [1.165, 1.54) is 15.3 Å². The van der Waals surface area contributed by atoms with E-state index in [9.17, 15) is 0 Å². The van der Waals surface area contributed by atoms with Gasteiger partial charge in [0.15, 0.2) is 0 Å². The third-order valence-corrected chi connectivity index (χ3v) is 3.12. The molecule has 1 unspecified atom stereocenters. The highest BCUT2D eigenvalue weighted by Gasteiger charge is 2.02. The van der Waals surface area contributed by atoms with Crippen LogP contribution in [0.1, 0.15) is 22.2 Å². The van der Waals surface area contributed by atoms with Crippen LogP contribution in [0.4, 0.5) is 0 Å². The van der Waals surface area contributed by atoms with Gasteiger partial charge >= 0.3 is 0 Å². The fourth-order valence-electron chi connectivity index (χ4n) is 1.21. The quantitative estimate of drug-likeness (QED) is 0.728. The lowest BCUT2D eigenvalue weighted by molar-refractivity contribution is 0.634. The average Bonchev–Trinajstić information content (AvgIpc) is 2.41. The maximum atomic E-state index is 3.74. The second-order valence-electron chi connectivity index (χ2n) is 3.34. The molecular formula is C11H17NS. The third-order valence-electron chi connectivity index (χ3n) is 2.11. The largest absolute Gasteiger partial charge is 0.307 e. The molecule has 1 aromatic rings. The van der Waals surface area contributed by atoms with Gasteiger partial charge in [-0.25, -0.2) is 0 Å². The second-order valence-corrected chi connectivity index (χ2v) is 4.80. The monoisotopic (exact) mass is 195 g/mol. The first-order chi connectivity index (χ1) is 6.13. The van der Waals surface area contributed by atoms with Gasteiger partial charge in [0.1, 0.15) is 0 Å². The molecule has 1 atom stereocenters. The van der Waals surface area contributed by atoms with E-state index >= 15 is 0 Å². The highest BCUT2D eigenvalue weighted by molar-refractivity contribution is 7.12. The van der Waals surface area contributed by atoms with Crippen LogP contribution in [0.25, 0.3) is 0 Å². The first-order valence-corrected chi connectivity index (χ1v) is 5.37. The zero-order chi connectivity index (χ0) is 9.84. The molecule has 1 heterocycles. The van der Waals surface area contributed by atoms with Gasteiger partial charge in [0.2, 0.25) is 0 Å². The highest BCUT2D eigenvalue weighted by atomic mass is 32.1. The van der Waals surface area contributed by atoms with Gasteiger partial charge in [0, 0.05) is 22.3 Å². The van der Waals surface area contributed by atoms with Gasteiger partial charge in [0.25, 0.3) is 0 Å². The summed E-state index contributed by atoms with van der Waals surface area (Å²) in [6.07, 6.45) is 1.93. The Morgan fingerprint density at radius 2 is 2.31 bits per heavy atom. The van der Waals surface area contributed by atoms with Gasteiger partial charge in [-0.2, -0.15) is 0 Å². The van der Waals surface area contributed by atoms with Crippen LogP contribution in [0.5, 0.6) is 0 Å². The number of aryl methyl sites for hydroxylation is 2. The van der Waals surface area contributed by atoms with Crippen molar-refractivity contribution in [2.24, 2.45) is 0 Å². The molecule has 0 aliphatic heterocycles. The minimum absolute atomic E-state index is 0.389. The van der Waals surface area contributed by atoms with Gasteiger partial charge in [-0.05, 0) is 32.4 Å². The molecule has 0 saturated carbocycles. The molecule has 0 radical (unpaired) electrons. The van der Waals surface area contributed by atoms with Crippen molar-refractivity contribution in [3.05, 3.63) is 34.0 Å². The van der Waals surface area contributed by atoms with Crippen LogP contribution >= 0.6 is 11.3 Å². The summed E-state index contributed by atoms with van der Waals surface area (Å²) in [6, 6.07) is 2.64. The fourth-order valence-corrected chi connectivity index (χ4v) is 2.16. The van der Waals surface area contributed by atoms with Crippen LogP contribution in [-0.4, -0.2) is 6.04 Å². The summed E-state index contributed by atoms with van der Waals surface area (Å²) in [5.41, 5.74) is 1.41. The first-order valence-electron chi connectivity index (χ1n) is 4.55. The maximum Gasteiger partial charge on any atom is 0.0222 e. The lowest BCUT2D eigenvalue weighted by atomic mass is 10.2. The molecular weight excluding hydrogens is 178 g/mol. The Bertz CT molecular complexity index is 288. The molecule has 0 aromatic carbocycles. The minimum Gasteiger partial charge on any atom is -0.307 e. The maximum absolute atomic E-state index is 3.74. The molecule has 0 bridgehead atoms. The Morgan fingerprint density at radius 3 is 2.77 bits per heavy atom. The summed E-state index contributed by atoms with van der Waals surface area (Å²) >= 11 is 1.86. The van der Waals surface area contributed by atoms with Crippen LogP contribution in [-0.2, 0) is 6.54 Å². The van der Waals surface area contributed by atoms with Crippen molar-refractivity contribution in [1.82, 2.24) is 5.32 Å². The molecule has 0 amide bonds. The van der Waals surface area contributed by atoms with Gasteiger partial charge in [-0.15, -0.1) is 17.9 Å². The normalized spacial score (nSPS) is 12.8. The summed E-state index contributed by atoms with van der Waals surface area (Å²) in [4.78, 5) is 2.81. The average molecular weight is 195 g/mol. The van der Waals surface area contributed by atoms with E-state index in [1.54, 1.807) is 0 Å². The second kappa shape index (κ2) is 4.58. The van der Waals surface area contributed by atoms with Gasteiger partial charge in [-0.3, -0.25) is 0 Å². The van der Waals surface area contributed by atoms with Crippen molar-refractivity contribution in [3.8, 4) is 0 Å². The van der Waals surface area contributed by atoms with Crippen LogP contribution in [0.15, 0.2) is 18.7 Å². The van der Waals surface area contributed by atoms with Gasteiger partial charge in [0.05, 0.1) is 0 Å². The number of hydrogen-bond acceptors (Lipinski definition) is 2. The molecule has 0 aliphatic rings. The molecule has 72 valence electrons. The van der Waals surface area contributed by atoms with E-state index in [-0.39, 0.29) is 0 Å². The molecule has 0 fully saturated rings. The van der Waals surface area contributed by atoms with Gasteiger partial charge in [-0.1, -0.05) is 6.08 Å². The predicted molar refractivity (Wildman–Crippen MR) is 60.3 cm³/mol. The van der Waals surface area contributed by atoms with Gasteiger partial charge < -0.3 is 5.32 Å². The zero-order valence-corrected chi connectivity index (χ0v) is 9.37. The van der Waals surface area contributed by atoms with Crippen molar-refractivity contribution in [3.63, 3.8) is 0 Å². The van der Waals surface area contributed by atoms with Crippen LogP contribution in [0.2, 0.25) is 0 Å². The van der Waals surface area contributed by atoms with E-state index in [1.807, 2.05) is 17.4 Å². The Hall–Kier alpha value is -0.600. The Kier molecular flexibility index (Phi) is 3.70. The van der Waals surface area contributed by atoms with E-state index in [4.69, 9.17) is 0 Å². The van der Waals surface area contributed by atoms with E-state index in [0.29, 0.717) is 6.04 Å². The van der Waals surface area contributed by atoms with E-state index in [0.717, 1.165) is 6.54 Å². The standard InChI is InChI=1S/C11H17NS/c1-5-8(2)12-7-11-6-9(3)13-10(11)4/h5-6,8,12H,1,7H2,2-4H3. The fraction of sp³-hybridized carbons (Fsp3) is 0.455. The molecule has 1 aromatic heterocycles. The van der Waals surface area contributed by atoms with E-state index < -0.39 is 0 Å². The van der Waals surface area contributed by atoms with Crippen molar-refractivity contribution >= 4 is 11.3 Å². The summed E-state index contributed by atoms with van der Waals surface area (Å²) in [5, 5.41) is 3.39. The summed E-state index contributed by atoms with van der Waals surface area (Å²) < 4.78 is 0. The lowest BCUT2D eigenvalue weighted by Gasteiger charge is -2.07. The van der Waals surface area contributed by atoms with Crippen molar-refractivity contribution in [2.75, 3.05) is 0 Å². The van der Waals surface area contributed by atoms with Crippen molar-refractivity contribution in [2.45, 2.75) is 33.4 Å². The molecule has 1 N–H and O–H groups in total. The lowest BCUT2D eigenvalue weighted by Crippen LogP contribution is -2.22. The SMILES string of the molecule is C=CC(C)NCc1cc(C)sc1C. The Morgan fingerprint density at radius 1 is 1.62 bits per heavy atom. The number of hydrogen-bond donors (Lipinski definition) is 1. The van der Waals surface area contributed by atoms with Crippen LogP contribution in [0, 0.1) is 13.8 Å².